The molecule has 1 rings (SSSR count). The lowest BCUT2D eigenvalue weighted by atomic mass is 9.71. The van der Waals surface area contributed by atoms with Crippen LogP contribution in [0.3, 0.4) is 0 Å². The predicted octanol–water partition coefficient (Wildman–Crippen LogP) is 3.44. The minimum atomic E-state index is -0.475. The van der Waals surface area contributed by atoms with Crippen molar-refractivity contribution < 1.29 is 19.1 Å². The molecule has 1 amide bonds. The summed E-state index contributed by atoms with van der Waals surface area (Å²) in [7, 11) is 1.91. The van der Waals surface area contributed by atoms with Crippen LogP contribution in [0.25, 0.3) is 0 Å². The summed E-state index contributed by atoms with van der Waals surface area (Å²) < 4.78 is 12.0. The summed E-state index contributed by atoms with van der Waals surface area (Å²) in [4.78, 5) is 23.8. The monoisotopic (exact) mass is 398 g/mol. The molecule has 2 N–H and O–H groups in total. The smallest absolute Gasteiger partial charge is 0.220 e. The van der Waals surface area contributed by atoms with E-state index in [0.717, 1.165) is 38.6 Å². The third-order valence-electron chi connectivity index (χ3n) is 5.20. The molecule has 1 fully saturated rings. The molecule has 1 saturated carbocycles. The molecule has 28 heavy (non-hydrogen) atoms. The van der Waals surface area contributed by atoms with E-state index in [1.807, 2.05) is 7.05 Å². The van der Waals surface area contributed by atoms with Crippen molar-refractivity contribution in [3.05, 3.63) is 0 Å². The molecule has 6 nitrogen and oxygen atoms in total. The molecular formula is C22H42N2O4. The van der Waals surface area contributed by atoms with Gasteiger partial charge >= 0.3 is 0 Å². The molecule has 1 aliphatic carbocycles. The van der Waals surface area contributed by atoms with Crippen molar-refractivity contribution in [2.45, 2.75) is 85.4 Å². The van der Waals surface area contributed by atoms with Gasteiger partial charge in [-0.05, 0) is 44.1 Å². The second-order valence-electron chi connectivity index (χ2n) is 9.83. The molecule has 0 radical (unpaired) electrons. The van der Waals surface area contributed by atoms with Gasteiger partial charge in [-0.2, -0.15) is 0 Å². The number of hydrogen-bond acceptors (Lipinski definition) is 5. The van der Waals surface area contributed by atoms with Gasteiger partial charge in [0.2, 0.25) is 5.91 Å². The van der Waals surface area contributed by atoms with Gasteiger partial charge < -0.3 is 24.9 Å². The molecule has 0 aliphatic heterocycles. The van der Waals surface area contributed by atoms with E-state index in [4.69, 9.17) is 9.47 Å². The fourth-order valence-electron chi connectivity index (χ4n) is 4.60. The third-order valence-corrected chi connectivity index (χ3v) is 5.20. The van der Waals surface area contributed by atoms with Gasteiger partial charge in [-0.1, -0.05) is 27.7 Å². The average molecular weight is 399 g/mol. The quantitative estimate of drug-likeness (QED) is 0.346. The van der Waals surface area contributed by atoms with Crippen molar-refractivity contribution in [2.75, 3.05) is 33.4 Å². The van der Waals surface area contributed by atoms with Crippen LogP contribution in [0.5, 0.6) is 0 Å². The van der Waals surface area contributed by atoms with Gasteiger partial charge in [-0.15, -0.1) is 0 Å². The molecule has 0 spiro atoms. The first-order chi connectivity index (χ1) is 13.0. The summed E-state index contributed by atoms with van der Waals surface area (Å²) in [5.74, 6) is -0.249. The molecular weight excluding hydrogens is 356 g/mol. The summed E-state index contributed by atoms with van der Waals surface area (Å²) in [6.45, 7) is 12.4. The van der Waals surface area contributed by atoms with Crippen molar-refractivity contribution in [3.8, 4) is 0 Å². The standard InChI is InChI=1S/C22H42N2O4/c1-18(25)15-20(2,3)17-21(4,5)16-19(26)24-12-14-28-22(9-7-8-10-22)27-13-11-23-6/h23H,7-17H2,1-6H3,(H,24,26). The van der Waals surface area contributed by atoms with Crippen LogP contribution in [0.2, 0.25) is 0 Å². The molecule has 0 saturated heterocycles. The minimum Gasteiger partial charge on any atom is -0.354 e. The number of hydrogen-bond donors (Lipinski definition) is 2. The van der Waals surface area contributed by atoms with E-state index in [9.17, 15) is 9.59 Å². The molecule has 164 valence electrons. The van der Waals surface area contributed by atoms with E-state index in [1.54, 1.807) is 6.92 Å². The lowest BCUT2D eigenvalue weighted by molar-refractivity contribution is -0.230. The van der Waals surface area contributed by atoms with E-state index >= 15 is 0 Å². The first-order valence-electron chi connectivity index (χ1n) is 10.7. The zero-order chi connectivity index (χ0) is 21.3. The Morgan fingerprint density at radius 1 is 0.929 bits per heavy atom. The van der Waals surface area contributed by atoms with Crippen LogP contribution in [-0.2, 0) is 19.1 Å². The highest BCUT2D eigenvalue weighted by Gasteiger charge is 2.36. The number of rotatable bonds is 14. The summed E-state index contributed by atoms with van der Waals surface area (Å²) in [5.41, 5.74) is -0.259. The van der Waals surface area contributed by atoms with E-state index < -0.39 is 5.79 Å². The zero-order valence-electron chi connectivity index (χ0n) is 18.9. The molecule has 0 aromatic heterocycles. The van der Waals surface area contributed by atoms with E-state index in [1.165, 1.54) is 0 Å². The van der Waals surface area contributed by atoms with Crippen LogP contribution in [0.1, 0.15) is 79.6 Å². The third kappa shape index (κ3) is 9.99. The van der Waals surface area contributed by atoms with Crippen LogP contribution >= 0.6 is 0 Å². The summed E-state index contributed by atoms with van der Waals surface area (Å²) in [5, 5.41) is 6.06. The van der Waals surface area contributed by atoms with Crippen molar-refractivity contribution >= 4 is 11.7 Å². The lowest BCUT2D eigenvalue weighted by Gasteiger charge is -2.34. The van der Waals surface area contributed by atoms with Gasteiger partial charge in [0.1, 0.15) is 5.78 Å². The van der Waals surface area contributed by atoms with Gasteiger partial charge in [0.05, 0.1) is 13.2 Å². The molecule has 1 aliphatic rings. The highest BCUT2D eigenvalue weighted by molar-refractivity contribution is 5.77. The van der Waals surface area contributed by atoms with Crippen LogP contribution in [-0.4, -0.2) is 50.8 Å². The van der Waals surface area contributed by atoms with Gasteiger partial charge in [-0.25, -0.2) is 0 Å². The van der Waals surface area contributed by atoms with Crippen molar-refractivity contribution in [1.29, 1.82) is 0 Å². The van der Waals surface area contributed by atoms with Gasteiger partial charge in [-0.3, -0.25) is 4.79 Å². The summed E-state index contributed by atoms with van der Waals surface area (Å²) >= 11 is 0. The lowest BCUT2D eigenvalue weighted by Crippen LogP contribution is -2.38. The second kappa shape index (κ2) is 11.3. The Kier molecular flexibility index (Phi) is 10.1. The maximum atomic E-state index is 12.4. The highest BCUT2D eigenvalue weighted by Crippen LogP contribution is 2.38. The Bertz CT molecular complexity index is 497. The van der Waals surface area contributed by atoms with Gasteiger partial charge in [0.25, 0.3) is 0 Å². The molecule has 0 heterocycles. The SMILES string of the molecule is CNCCOC1(OCCNC(=O)CC(C)(C)CC(C)(C)CC(C)=O)CCCC1. The summed E-state index contributed by atoms with van der Waals surface area (Å²) in [6.07, 6.45) is 5.89. The summed E-state index contributed by atoms with van der Waals surface area (Å²) in [6, 6.07) is 0. The minimum absolute atomic E-state index is 0.0313. The molecule has 0 unspecified atom stereocenters. The maximum absolute atomic E-state index is 12.4. The Labute approximate surface area is 171 Å². The van der Waals surface area contributed by atoms with E-state index in [0.29, 0.717) is 32.6 Å². The predicted molar refractivity (Wildman–Crippen MR) is 112 cm³/mol. The number of ketones is 1. The van der Waals surface area contributed by atoms with Crippen LogP contribution in [0, 0.1) is 10.8 Å². The fraction of sp³-hybridized carbons (Fsp3) is 0.909. The number of Topliss-reactive ketones (excluding diaryl/α,β-unsaturated/α-hetero) is 1. The van der Waals surface area contributed by atoms with E-state index in [2.05, 4.69) is 38.3 Å². The van der Waals surface area contributed by atoms with Gasteiger partial charge in [0, 0.05) is 38.8 Å². The molecule has 6 heteroatoms. The number of amides is 1. The fourth-order valence-corrected chi connectivity index (χ4v) is 4.60. The van der Waals surface area contributed by atoms with Gasteiger partial charge in [0.15, 0.2) is 5.79 Å². The second-order valence-corrected chi connectivity index (χ2v) is 9.83. The number of likely N-dealkylation sites (N-methyl/N-ethyl adjacent to an activating group) is 1. The largest absolute Gasteiger partial charge is 0.354 e. The van der Waals surface area contributed by atoms with Crippen molar-refractivity contribution in [3.63, 3.8) is 0 Å². The number of ether oxygens (including phenoxy) is 2. The van der Waals surface area contributed by atoms with Crippen LogP contribution in [0.4, 0.5) is 0 Å². The Hall–Kier alpha value is -0.980. The Balaban J connectivity index is 2.36. The highest BCUT2D eigenvalue weighted by atomic mass is 16.7. The first-order valence-corrected chi connectivity index (χ1v) is 10.7. The number of carbonyl (C=O) groups is 2. The zero-order valence-corrected chi connectivity index (χ0v) is 18.9. The molecule has 0 aromatic rings. The molecule has 0 bridgehead atoms. The Morgan fingerprint density at radius 3 is 2.00 bits per heavy atom. The number of nitrogens with one attached hydrogen (secondary N) is 2. The Morgan fingerprint density at radius 2 is 1.46 bits per heavy atom. The van der Waals surface area contributed by atoms with Crippen LogP contribution in [0.15, 0.2) is 0 Å². The molecule has 0 atom stereocenters. The van der Waals surface area contributed by atoms with E-state index in [-0.39, 0.29) is 22.5 Å². The van der Waals surface area contributed by atoms with Crippen molar-refractivity contribution in [1.82, 2.24) is 10.6 Å². The normalized spacial score (nSPS) is 16.9. The number of carbonyl (C=O) groups excluding carboxylic acids is 2. The first kappa shape index (κ1) is 25.1. The van der Waals surface area contributed by atoms with Crippen LogP contribution < -0.4 is 10.6 Å². The maximum Gasteiger partial charge on any atom is 0.220 e. The average Bonchev–Trinajstić information content (AvgIpc) is 2.98. The molecule has 0 aromatic carbocycles. The van der Waals surface area contributed by atoms with Crippen molar-refractivity contribution in [2.24, 2.45) is 10.8 Å². The topological polar surface area (TPSA) is 76.7 Å².